The lowest BCUT2D eigenvalue weighted by atomic mass is 10.3. The lowest BCUT2D eigenvalue weighted by molar-refractivity contribution is 0.475. The fourth-order valence-corrected chi connectivity index (χ4v) is 2.90. The second-order valence-electron chi connectivity index (χ2n) is 3.30. The Kier molecular flexibility index (Phi) is 5.09. The van der Waals surface area contributed by atoms with Crippen molar-refractivity contribution in [1.82, 2.24) is 0 Å². The van der Waals surface area contributed by atoms with Crippen molar-refractivity contribution in [3.05, 3.63) is 52.5 Å². The van der Waals surface area contributed by atoms with Gasteiger partial charge in [-0.25, -0.2) is 3.63 Å². The lowest BCUT2D eigenvalue weighted by Gasteiger charge is -2.04. The van der Waals surface area contributed by atoms with Gasteiger partial charge in [0.25, 0.3) is 0 Å². The van der Waals surface area contributed by atoms with Crippen LogP contribution < -0.4 is 0 Å². The number of phenols is 1. The summed E-state index contributed by atoms with van der Waals surface area (Å²) >= 11 is 14.2. The minimum absolute atomic E-state index is 0.227. The molecular weight excluding hydrogens is 311 g/mol. The van der Waals surface area contributed by atoms with Crippen LogP contribution in [0.3, 0.4) is 0 Å². The molecule has 0 radical (unpaired) electrons. The lowest BCUT2D eigenvalue weighted by Crippen LogP contribution is -1.76. The van der Waals surface area contributed by atoms with E-state index in [4.69, 9.17) is 31.9 Å². The van der Waals surface area contributed by atoms with Gasteiger partial charge in [-0.1, -0.05) is 23.2 Å². The number of benzene rings is 2. The molecule has 0 amide bonds. The summed E-state index contributed by atoms with van der Waals surface area (Å²) in [5, 5.41) is 10.3. The van der Waals surface area contributed by atoms with E-state index in [9.17, 15) is 0 Å². The normalized spacial score (nSPS) is 10.6. The molecule has 2 nitrogen and oxygen atoms in total. The average molecular weight is 319 g/mol. The highest BCUT2D eigenvalue weighted by atomic mass is 35.5. The Morgan fingerprint density at radius 2 is 1.67 bits per heavy atom. The molecule has 2 rings (SSSR count). The van der Waals surface area contributed by atoms with Crippen LogP contribution in [0.4, 0.5) is 0 Å². The highest BCUT2D eigenvalue weighted by molar-refractivity contribution is 8.08. The topological polar surface area (TPSA) is 29.5 Å². The highest BCUT2D eigenvalue weighted by Crippen LogP contribution is 2.35. The molecule has 0 atom stereocenters. The molecule has 94 valence electrons. The Balaban J connectivity index is 1.92. The van der Waals surface area contributed by atoms with Crippen LogP contribution in [0.15, 0.2) is 52.3 Å². The van der Waals surface area contributed by atoms with E-state index in [1.165, 1.54) is 12.0 Å². The monoisotopic (exact) mass is 318 g/mol. The van der Waals surface area contributed by atoms with Gasteiger partial charge < -0.3 is 5.11 Å². The third-order valence-corrected chi connectivity index (χ3v) is 4.19. The predicted octanol–water partition coefficient (Wildman–Crippen LogP) is 5.43. The molecule has 0 fully saturated rings. The maximum atomic E-state index is 9.14. The van der Waals surface area contributed by atoms with Crippen molar-refractivity contribution in [2.45, 2.75) is 9.79 Å². The van der Waals surface area contributed by atoms with Crippen molar-refractivity contribution in [2.24, 2.45) is 0 Å². The van der Waals surface area contributed by atoms with Gasteiger partial charge >= 0.3 is 0 Å². The van der Waals surface area contributed by atoms with E-state index in [1.54, 1.807) is 42.5 Å². The van der Waals surface area contributed by atoms with Crippen LogP contribution in [0.5, 0.6) is 5.75 Å². The van der Waals surface area contributed by atoms with Gasteiger partial charge in [0.05, 0.1) is 9.92 Å². The van der Waals surface area contributed by atoms with Crippen LogP contribution in [-0.2, 0) is 3.63 Å². The van der Waals surface area contributed by atoms with Gasteiger partial charge in [0.1, 0.15) is 5.75 Å². The van der Waals surface area contributed by atoms with Gasteiger partial charge in [-0.2, -0.15) is 0 Å². The van der Waals surface area contributed by atoms with Gasteiger partial charge in [-0.15, -0.1) is 0 Å². The van der Waals surface area contributed by atoms with E-state index in [1.807, 2.05) is 0 Å². The van der Waals surface area contributed by atoms with Crippen molar-refractivity contribution < 1.29 is 8.74 Å². The van der Waals surface area contributed by atoms with Crippen LogP contribution in [0.2, 0.25) is 10.0 Å². The number of rotatable bonds is 4. The molecule has 1 N–H and O–H groups in total. The first-order valence-corrected chi connectivity index (χ1v) is 7.14. The molecular formula is C12H8Cl2O2S2. The minimum atomic E-state index is 0.227. The Bertz CT molecular complexity index is 532. The largest absolute Gasteiger partial charge is 0.508 e. The smallest absolute Gasteiger partial charge is 0.115 e. The third-order valence-electron chi connectivity index (χ3n) is 1.98. The van der Waals surface area contributed by atoms with Gasteiger partial charge in [-0.3, -0.25) is 0 Å². The predicted molar refractivity (Wildman–Crippen MR) is 77.4 cm³/mol. The van der Waals surface area contributed by atoms with Gasteiger partial charge in [0.15, 0.2) is 0 Å². The summed E-state index contributed by atoms with van der Waals surface area (Å²) in [5.41, 5.74) is 0. The first-order chi connectivity index (χ1) is 8.65. The number of halogens is 2. The number of hydrogen-bond donors (Lipinski definition) is 1. The molecule has 2 aromatic carbocycles. The standard InChI is InChI=1S/C12H8Cl2O2S2/c13-8-1-6-11(14)12(7-8)18-16-17-10-4-2-9(15)3-5-10/h1-7,15H. The Morgan fingerprint density at radius 1 is 0.944 bits per heavy atom. The molecule has 0 aliphatic carbocycles. The van der Waals surface area contributed by atoms with Crippen molar-refractivity contribution in [3.63, 3.8) is 0 Å². The summed E-state index contributed by atoms with van der Waals surface area (Å²) in [6.07, 6.45) is 0. The molecule has 2 aromatic rings. The molecule has 0 saturated carbocycles. The van der Waals surface area contributed by atoms with Crippen LogP contribution in [0, 0.1) is 0 Å². The molecule has 0 spiro atoms. The first kappa shape index (κ1) is 13.9. The van der Waals surface area contributed by atoms with Crippen LogP contribution in [0.1, 0.15) is 0 Å². The fourth-order valence-electron chi connectivity index (χ4n) is 1.14. The minimum Gasteiger partial charge on any atom is -0.508 e. The molecule has 0 aromatic heterocycles. The summed E-state index contributed by atoms with van der Waals surface area (Å²) in [6, 6.07) is 11.9. The van der Waals surface area contributed by atoms with Gasteiger partial charge in [0, 0.05) is 34.0 Å². The Labute approximate surface area is 124 Å². The van der Waals surface area contributed by atoms with E-state index in [0.29, 0.717) is 10.0 Å². The first-order valence-electron chi connectivity index (χ1n) is 4.90. The van der Waals surface area contributed by atoms with Crippen molar-refractivity contribution in [3.8, 4) is 5.75 Å². The van der Waals surface area contributed by atoms with Gasteiger partial charge in [-0.05, 0) is 42.5 Å². The number of phenolic OH excluding ortho intramolecular Hbond substituents is 1. The zero-order valence-corrected chi connectivity index (χ0v) is 12.1. The summed E-state index contributed by atoms with van der Waals surface area (Å²) in [6.45, 7) is 0. The molecule has 0 unspecified atom stereocenters. The number of hydrogen-bond acceptors (Lipinski definition) is 4. The fraction of sp³-hybridized carbons (Fsp3) is 0. The van der Waals surface area contributed by atoms with Crippen molar-refractivity contribution >= 4 is 47.3 Å². The van der Waals surface area contributed by atoms with E-state index in [-0.39, 0.29) is 5.75 Å². The van der Waals surface area contributed by atoms with E-state index < -0.39 is 0 Å². The SMILES string of the molecule is Oc1ccc(SOSc2cc(Cl)ccc2Cl)cc1. The number of aromatic hydroxyl groups is 1. The average Bonchev–Trinajstić information content (AvgIpc) is 2.36. The quantitative estimate of drug-likeness (QED) is 0.761. The summed E-state index contributed by atoms with van der Waals surface area (Å²) in [4.78, 5) is 1.65. The van der Waals surface area contributed by atoms with E-state index in [2.05, 4.69) is 0 Å². The molecule has 0 aliphatic rings. The zero-order chi connectivity index (χ0) is 13.0. The van der Waals surface area contributed by atoms with Crippen LogP contribution >= 0.6 is 47.3 Å². The molecule has 0 aliphatic heterocycles. The van der Waals surface area contributed by atoms with E-state index >= 15 is 0 Å². The zero-order valence-electron chi connectivity index (χ0n) is 8.97. The second-order valence-corrected chi connectivity index (χ2v) is 5.94. The molecule has 18 heavy (non-hydrogen) atoms. The summed E-state index contributed by atoms with van der Waals surface area (Å²) in [5.74, 6) is 0.227. The highest BCUT2D eigenvalue weighted by Gasteiger charge is 2.04. The summed E-state index contributed by atoms with van der Waals surface area (Å²) < 4.78 is 5.39. The molecule has 6 heteroatoms. The third kappa shape index (κ3) is 4.00. The summed E-state index contributed by atoms with van der Waals surface area (Å²) in [7, 11) is 0. The molecule has 0 heterocycles. The maximum absolute atomic E-state index is 9.14. The second kappa shape index (κ2) is 6.59. The molecule has 0 saturated heterocycles. The van der Waals surface area contributed by atoms with E-state index in [0.717, 1.165) is 21.8 Å². The maximum Gasteiger partial charge on any atom is 0.115 e. The van der Waals surface area contributed by atoms with Crippen molar-refractivity contribution in [2.75, 3.05) is 0 Å². The van der Waals surface area contributed by atoms with Gasteiger partial charge in [0.2, 0.25) is 0 Å². The Hall–Kier alpha value is -0.520. The van der Waals surface area contributed by atoms with Crippen LogP contribution in [-0.4, -0.2) is 5.11 Å². The van der Waals surface area contributed by atoms with Crippen LogP contribution in [0.25, 0.3) is 0 Å². The Morgan fingerprint density at radius 3 is 2.39 bits per heavy atom. The van der Waals surface area contributed by atoms with Crippen molar-refractivity contribution in [1.29, 1.82) is 0 Å². The molecule has 0 bridgehead atoms.